The van der Waals surface area contributed by atoms with Crippen molar-refractivity contribution >= 4 is 20.0 Å². The Morgan fingerprint density at radius 3 is 1.70 bits per heavy atom. The number of ether oxygens (including phenoxy) is 3. The molecule has 1 atom stereocenters. The summed E-state index contributed by atoms with van der Waals surface area (Å²) in [4.78, 5) is 25.3. The average molecular weight is 441 g/mol. The van der Waals surface area contributed by atoms with E-state index in [4.69, 9.17) is 14.2 Å². The fourth-order valence-corrected chi connectivity index (χ4v) is 10.8. The molecule has 0 bridgehead atoms. The lowest BCUT2D eigenvalue weighted by Gasteiger charge is -2.42. The number of hydrogen-bond acceptors (Lipinski definition) is 5. The summed E-state index contributed by atoms with van der Waals surface area (Å²) in [7, 11) is 2.61. The van der Waals surface area contributed by atoms with Crippen LogP contribution in [-0.2, 0) is 23.8 Å². The van der Waals surface area contributed by atoms with Crippen molar-refractivity contribution in [3.8, 4) is 0 Å². The molecule has 174 valence electrons. The van der Waals surface area contributed by atoms with E-state index in [0.717, 1.165) is 6.04 Å². The molecule has 0 saturated carbocycles. The van der Waals surface area contributed by atoms with E-state index in [9.17, 15) is 9.59 Å². The maximum absolute atomic E-state index is 12.7. The van der Waals surface area contributed by atoms with Gasteiger partial charge in [-0.2, -0.15) is 0 Å². The molecule has 0 spiro atoms. The van der Waals surface area contributed by atoms with Crippen LogP contribution in [0.4, 0.5) is 0 Å². The highest BCUT2D eigenvalue weighted by atomic mass is 28.3. The summed E-state index contributed by atoms with van der Waals surface area (Å²) in [5, 5.41) is 0. The fraction of sp³-hybridized carbons (Fsp3) is 0.792. The van der Waals surface area contributed by atoms with Crippen LogP contribution < -0.4 is 0 Å². The molecular formula is C24H44O5Si. The quantitative estimate of drug-likeness (QED) is 0.154. The Labute approximate surface area is 185 Å². The SMILES string of the molecule is CCC(CC(CC=C=CC[Si](C(C)C)(C(C)C)C(C)C)(C(=O)OC)C(=O)OC)OC. The zero-order valence-corrected chi connectivity index (χ0v) is 21.8. The van der Waals surface area contributed by atoms with Gasteiger partial charge in [0.05, 0.1) is 28.4 Å². The molecule has 0 amide bonds. The largest absolute Gasteiger partial charge is 0.468 e. The van der Waals surface area contributed by atoms with Crippen molar-refractivity contribution in [3.63, 3.8) is 0 Å². The Balaban J connectivity index is 5.88. The van der Waals surface area contributed by atoms with Crippen molar-refractivity contribution in [2.45, 2.75) is 96.5 Å². The molecule has 0 aliphatic rings. The lowest BCUT2D eigenvalue weighted by molar-refractivity contribution is -0.172. The number of allylic oxidation sites excluding steroid dienone is 1. The molecule has 0 aromatic rings. The summed E-state index contributed by atoms with van der Waals surface area (Å²) in [5.74, 6) is -1.20. The standard InChI is InChI=1S/C24H44O5Si/c1-11-21(27-8)17-24(22(25)28-9,23(26)29-10)15-13-12-14-16-30(18(2)3,19(4)5)20(6)7/h13-14,18-21H,11,15-17H2,1-10H3. The van der Waals surface area contributed by atoms with Gasteiger partial charge in [0.2, 0.25) is 0 Å². The van der Waals surface area contributed by atoms with Gasteiger partial charge in [-0.3, -0.25) is 9.59 Å². The molecule has 0 heterocycles. The molecular weight excluding hydrogens is 396 g/mol. The van der Waals surface area contributed by atoms with E-state index < -0.39 is 25.4 Å². The predicted octanol–water partition coefficient (Wildman–Crippen LogP) is 5.91. The number of carbonyl (C=O) groups excluding carboxylic acids is 2. The third kappa shape index (κ3) is 6.57. The Kier molecular flexibility index (Phi) is 12.5. The highest BCUT2D eigenvalue weighted by Gasteiger charge is 2.49. The summed E-state index contributed by atoms with van der Waals surface area (Å²) in [6, 6.07) is 1.02. The summed E-state index contributed by atoms with van der Waals surface area (Å²) in [6.07, 6.45) is 4.68. The first-order valence-corrected chi connectivity index (χ1v) is 13.5. The molecule has 0 rings (SSSR count). The Hall–Kier alpha value is -1.36. The van der Waals surface area contributed by atoms with Gasteiger partial charge in [0, 0.05) is 13.5 Å². The molecule has 0 aliphatic heterocycles. The lowest BCUT2D eigenvalue weighted by Crippen LogP contribution is -2.44. The van der Waals surface area contributed by atoms with Gasteiger partial charge in [-0.05, 0) is 31.0 Å². The van der Waals surface area contributed by atoms with Crippen molar-refractivity contribution in [1.29, 1.82) is 0 Å². The average Bonchev–Trinajstić information content (AvgIpc) is 2.70. The zero-order chi connectivity index (χ0) is 23.5. The lowest BCUT2D eigenvalue weighted by atomic mass is 9.78. The first-order chi connectivity index (χ1) is 14.0. The molecule has 1 unspecified atom stereocenters. The molecule has 0 aromatic heterocycles. The van der Waals surface area contributed by atoms with Crippen LogP contribution in [0.2, 0.25) is 22.7 Å². The summed E-state index contributed by atoms with van der Waals surface area (Å²) >= 11 is 0. The van der Waals surface area contributed by atoms with Crippen LogP contribution in [0.3, 0.4) is 0 Å². The second-order valence-electron chi connectivity index (χ2n) is 9.09. The smallest absolute Gasteiger partial charge is 0.323 e. The van der Waals surface area contributed by atoms with Crippen LogP contribution in [0.1, 0.15) is 67.7 Å². The minimum atomic E-state index is -1.56. The fourth-order valence-electron chi connectivity index (χ4n) is 4.93. The topological polar surface area (TPSA) is 61.8 Å². The van der Waals surface area contributed by atoms with Crippen LogP contribution in [-0.4, -0.2) is 47.4 Å². The number of hydrogen-bond donors (Lipinski definition) is 0. The van der Waals surface area contributed by atoms with Crippen molar-refractivity contribution in [2.24, 2.45) is 5.41 Å². The van der Waals surface area contributed by atoms with E-state index in [1.165, 1.54) is 14.2 Å². The van der Waals surface area contributed by atoms with Crippen LogP contribution in [0.15, 0.2) is 17.9 Å². The van der Waals surface area contributed by atoms with Crippen molar-refractivity contribution in [3.05, 3.63) is 17.9 Å². The molecule has 0 saturated heterocycles. The third-order valence-corrected chi connectivity index (χ3v) is 14.2. The van der Waals surface area contributed by atoms with Gasteiger partial charge in [0.1, 0.15) is 0 Å². The maximum Gasteiger partial charge on any atom is 0.323 e. The van der Waals surface area contributed by atoms with E-state index in [0.29, 0.717) is 23.0 Å². The van der Waals surface area contributed by atoms with E-state index in [2.05, 4.69) is 53.3 Å². The van der Waals surface area contributed by atoms with Crippen LogP contribution in [0, 0.1) is 5.41 Å². The maximum atomic E-state index is 12.7. The molecule has 0 aromatic carbocycles. The number of rotatable bonds is 13. The number of methoxy groups -OCH3 is 3. The second kappa shape index (κ2) is 13.1. The highest BCUT2D eigenvalue weighted by molar-refractivity contribution is 6.83. The molecule has 5 nitrogen and oxygen atoms in total. The zero-order valence-electron chi connectivity index (χ0n) is 20.8. The summed E-state index contributed by atoms with van der Waals surface area (Å²) in [6.45, 7) is 15.9. The Bertz CT molecular complexity index is 561. The van der Waals surface area contributed by atoms with Gasteiger partial charge in [0.25, 0.3) is 0 Å². The van der Waals surface area contributed by atoms with Gasteiger partial charge in [-0.25, -0.2) is 0 Å². The molecule has 30 heavy (non-hydrogen) atoms. The van der Waals surface area contributed by atoms with Gasteiger partial charge in [-0.1, -0.05) is 65.1 Å². The van der Waals surface area contributed by atoms with E-state index in [1.54, 1.807) is 13.2 Å². The molecule has 0 fully saturated rings. The normalized spacial score (nSPS) is 13.2. The summed E-state index contributed by atoms with van der Waals surface area (Å²) in [5.41, 5.74) is 3.81. The van der Waals surface area contributed by atoms with Crippen molar-refractivity contribution < 1.29 is 23.8 Å². The van der Waals surface area contributed by atoms with Gasteiger partial charge in [0.15, 0.2) is 5.41 Å². The van der Waals surface area contributed by atoms with E-state index >= 15 is 0 Å². The van der Waals surface area contributed by atoms with E-state index in [1.807, 2.05) is 6.92 Å². The van der Waals surface area contributed by atoms with Crippen LogP contribution in [0.5, 0.6) is 0 Å². The minimum Gasteiger partial charge on any atom is -0.468 e. The van der Waals surface area contributed by atoms with Crippen LogP contribution in [0.25, 0.3) is 0 Å². The number of esters is 2. The monoisotopic (exact) mass is 440 g/mol. The van der Waals surface area contributed by atoms with Gasteiger partial charge in [-0.15, -0.1) is 5.73 Å². The molecule has 0 radical (unpaired) electrons. The second-order valence-corrected chi connectivity index (χ2v) is 15.2. The number of carbonyl (C=O) groups is 2. The van der Waals surface area contributed by atoms with Crippen molar-refractivity contribution in [1.82, 2.24) is 0 Å². The predicted molar refractivity (Wildman–Crippen MR) is 125 cm³/mol. The highest BCUT2D eigenvalue weighted by Crippen LogP contribution is 2.44. The first-order valence-electron chi connectivity index (χ1n) is 11.1. The van der Waals surface area contributed by atoms with E-state index in [-0.39, 0.29) is 18.9 Å². The minimum absolute atomic E-state index is 0.169. The Morgan fingerprint density at radius 2 is 1.37 bits per heavy atom. The van der Waals surface area contributed by atoms with Crippen LogP contribution >= 0.6 is 0 Å². The third-order valence-electron chi connectivity index (χ3n) is 6.88. The molecule has 0 N–H and O–H groups in total. The molecule has 6 heteroatoms. The molecule has 0 aliphatic carbocycles. The van der Waals surface area contributed by atoms with Crippen molar-refractivity contribution in [2.75, 3.05) is 21.3 Å². The first kappa shape index (κ1) is 28.6. The summed E-state index contributed by atoms with van der Waals surface area (Å²) < 4.78 is 15.4. The van der Waals surface area contributed by atoms with Gasteiger partial charge >= 0.3 is 11.9 Å². The van der Waals surface area contributed by atoms with Gasteiger partial charge < -0.3 is 14.2 Å². The Morgan fingerprint density at radius 1 is 0.900 bits per heavy atom.